The summed E-state index contributed by atoms with van der Waals surface area (Å²) in [6.45, 7) is 4.57. The van der Waals surface area contributed by atoms with Crippen molar-refractivity contribution in [2.45, 2.75) is 39.0 Å². The van der Waals surface area contributed by atoms with Crippen molar-refractivity contribution in [2.24, 2.45) is 0 Å². The van der Waals surface area contributed by atoms with Crippen LogP contribution in [0.1, 0.15) is 55.1 Å². The zero-order valence-electron chi connectivity index (χ0n) is 11.2. The minimum absolute atomic E-state index is 0.150. The molecule has 0 saturated heterocycles. The van der Waals surface area contributed by atoms with Gasteiger partial charge in [0.15, 0.2) is 0 Å². The van der Waals surface area contributed by atoms with Crippen molar-refractivity contribution >= 4 is 17.5 Å². The van der Waals surface area contributed by atoms with Crippen LogP contribution in [0.3, 0.4) is 0 Å². The van der Waals surface area contributed by atoms with Gasteiger partial charge in [0.1, 0.15) is 5.15 Å². The smallest absolute Gasteiger partial charge is 0.251 e. The monoisotopic (exact) mass is 279 g/mol. The first-order chi connectivity index (χ1) is 9.04. The molecule has 0 aliphatic heterocycles. The van der Waals surface area contributed by atoms with Gasteiger partial charge in [0.2, 0.25) is 0 Å². The Bertz CT molecular complexity index is 480. The molecule has 0 atom stereocenters. The highest BCUT2D eigenvalue weighted by atomic mass is 35.5. The summed E-state index contributed by atoms with van der Waals surface area (Å²) < 4.78 is 0. The number of rotatable bonds is 6. The fraction of sp³-hybridized carbons (Fsp3) is 0.500. The van der Waals surface area contributed by atoms with Crippen molar-refractivity contribution < 1.29 is 4.79 Å². The lowest BCUT2D eigenvalue weighted by molar-refractivity contribution is 0.0953. The highest BCUT2D eigenvalue weighted by Gasteiger charge is 2.10. The van der Waals surface area contributed by atoms with E-state index in [1.165, 1.54) is 0 Å². The largest absolute Gasteiger partial charge is 0.352 e. The van der Waals surface area contributed by atoms with Gasteiger partial charge in [-0.25, -0.2) is 4.98 Å². The third-order valence-corrected chi connectivity index (χ3v) is 2.86. The van der Waals surface area contributed by atoms with Crippen LogP contribution in [0.25, 0.3) is 0 Å². The Morgan fingerprint density at radius 1 is 1.47 bits per heavy atom. The number of carbonyl (C=O) groups is 1. The molecular weight excluding hydrogens is 262 g/mol. The number of amides is 1. The van der Waals surface area contributed by atoms with Gasteiger partial charge in [-0.3, -0.25) is 4.79 Å². The summed E-state index contributed by atoms with van der Waals surface area (Å²) in [6, 6.07) is 5.41. The van der Waals surface area contributed by atoms with Gasteiger partial charge in [-0.1, -0.05) is 25.4 Å². The quantitative estimate of drug-likeness (QED) is 0.642. The Kier molecular flexibility index (Phi) is 6.31. The van der Waals surface area contributed by atoms with E-state index in [0.29, 0.717) is 23.7 Å². The average Bonchev–Trinajstić information content (AvgIpc) is 2.37. The maximum atomic E-state index is 11.9. The lowest BCUT2D eigenvalue weighted by Crippen LogP contribution is -2.24. The Morgan fingerprint density at radius 2 is 2.21 bits per heavy atom. The van der Waals surface area contributed by atoms with Crippen LogP contribution in [0.5, 0.6) is 0 Å². The number of pyridine rings is 1. The molecule has 1 N–H and O–H groups in total. The van der Waals surface area contributed by atoms with Crippen LogP contribution in [0, 0.1) is 11.3 Å². The highest BCUT2D eigenvalue weighted by Crippen LogP contribution is 2.17. The molecule has 1 rings (SSSR count). The first-order valence-corrected chi connectivity index (χ1v) is 6.75. The van der Waals surface area contributed by atoms with Gasteiger partial charge < -0.3 is 5.32 Å². The third kappa shape index (κ3) is 5.27. The van der Waals surface area contributed by atoms with Gasteiger partial charge in [-0.05, 0) is 30.9 Å². The molecule has 1 aromatic heterocycles. The average molecular weight is 280 g/mol. The van der Waals surface area contributed by atoms with Gasteiger partial charge >= 0.3 is 0 Å². The van der Waals surface area contributed by atoms with Crippen LogP contribution < -0.4 is 5.32 Å². The number of nitriles is 1. The van der Waals surface area contributed by atoms with Crippen molar-refractivity contribution in [3.8, 4) is 6.07 Å². The summed E-state index contributed by atoms with van der Waals surface area (Å²) in [4.78, 5) is 16.1. The lowest BCUT2D eigenvalue weighted by Gasteiger charge is -2.09. The van der Waals surface area contributed by atoms with Crippen LogP contribution in [-0.2, 0) is 0 Å². The summed E-state index contributed by atoms with van der Waals surface area (Å²) in [7, 11) is 0. The van der Waals surface area contributed by atoms with Gasteiger partial charge in [0, 0.05) is 24.2 Å². The van der Waals surface area contributed by atoms with Crippen LogP contribution in [0.15, 0.2) is 12.1 Å². The van der Waals surface area contributed by atoms with Crippen molar-refractivity contribution in [3.05, 3.63) is 28.5 Å². The van der Waals surface area contributed by atoms with Crippen LogP contribution >= 0.6 is 11.6 Å². The van der Waals surface area contributed by atoms with Crippen molar-refractivity contribution in [1.29, 1.82) is 5.26 Å². The Labute approximate surface area is 118 Å². The minimum atomic E-state index is -0.150. The predicted molar refractivity (Wildman–Crippen MR) is 75.1 cm³/mol. The van der Waals surface area contributed by atoms with E-state index in [4.69, 9.17) is 16.9 Å². The first-order valence-electron chi connectivity index (χ1n) is 6.37. The first kappa shape index (κ1) is 15.5. The van der Waals surface area contributed by atoms with E-state index in [2.05, 4.69) is 16.4 Å². The van der Waals surface area contributed by atoms with E-state index in [1.54, 1.807) is 12.1 Å². The van der Waals surface area contributed by atoms with Gasteiger partial charge in [0.05, 0.1) is 6.07 Å². The molecule has 0 spiro atoms. The maximum absolute atomic E-state index is 11.9. The zero-order valence-corrected chi connectivity index (χ0v) is 12.0. The van der Waals surface area contributed by atoms with Crippen molar-refractivity contribution in [3.63, 3.8) is 0 Å². The normalized spacial score (nSPS) is 10.3. The molecular formula is C14H18ClN3O. The summed E-state index contributed by atoms with van der Waals surface area (Å²) in [5.74, 6) is 0.0732. The molecule has 0 aromatic carbocycles. The molecule has 0 aliphatic rings. The highest BCUT2D eigenvalue weighted by molar-refractivity contribution is 6.29. The van der Waals surface area contributed by atoms with Gasteiger partial charge in [0.25, 0.3) is 5.91 Å². The predicted octanol–water partition coefficient (Wildman–Crippen LogP) is 3.28. The molecule has 0 bridgehead atoms. The Morgan fingerprint density at radius 3 is 2.84 bits per heavy atom. The summed E-state index contributed by atoms with van der Waals surface area (Å²) in [5.41, 5.74) is 1.34. The summed E-state index contributed by atoms with van der Waals surface area (Å²) >= 11 is 5.91. The number of nitrogens with one attached hydrogen (secondary N) is 1. The van der Waals surface area contributed by atoms with Crippen molar-refractivity contribution in [1.82, 2.24) is 10.3 Å². The molecule has 19 heavy (non-hydrogen) atoms. The van der Waals surface area contributed by atoms with E-state index >= 15 is 0 Å². The van der Waals surface area contributed by atoms with E-state index in [-0.39, 0.29) is 11.8 Å². The number of aromatic nitrogens is 1. The zero-order chi connectivity index (χ0) is 14.3. The second-order valence-corrected chi connectivity index (χ2v) is 5.02. The fourth-order valence-corrected chi connectivity index (χ4v) is 1.79. The molecule has 0 radical (unpaired) electrons. The molecule has 5 heteroatoms. The topological polar surface area (TPSA) is 65.8 Å². The lowest BCUT2D eigenvalue weighted by atomic mass is 10.1. The van der Waals surface area contributed by atoms with E-state index in [9.17, 15) is 4.79 Å². The number of halogens is 1. The number of nitrogens with zero attached hydrogens (tertiary/aromatic N) is 2. The van der Waals surface area contributed by atoms with Gasteiger partial charge in [-0.2, -0.15) is 5.26 Å². The fourth-order valence-electron chi connectivity index (χ4n) is 1.58. The molecule has 0 saturated carbocycles. The Hall–Kier alpha value is -1.60. The van der Waals surface area contributed by atoms with Gasteiger partial charge in [-0.15, -0.1) is 0 Å². The van der Waals surface area contributed by atoms with E-state index in [1.807, 2.05) is 13.8 Å². The van der Waals surface area contributed by atoms with Crippen LogP contribution in [-0.4, -0.2) is 17.4 Å². The molecule has 4 nitrogen and oxygen atoms in total. The number of hydrogen-bond acceptors (Lipinski definition) is 3. The molecule has 0 aliphatic carbocycles. The molecule has 1 heterocycles. The standard InChI is InChI=1S/C14H18ClN3O/c1-10(2)12-8-11(9-13(15)18-12)14(19)17-7-5-3-4-6-16/h8-10H,3-5,7H2,1-2H3,(H,17,19). The molecule has 1 aromatic rings. The number of carbonyl (C=O) groups excluding carboxylic acids is 1. The van der Waals surface area contributed by atoms with Crippen LogP contribution in [0.2, 0.25) is 5.15 Å². The molecule has 0 fully saturated rings. The van der Waals surface area contributed by atoms with Crippen LogP contribution in [0.4, 0.5) is 0 Å². The summed E-state index contributed by atoms with van der Waals surface area (Å²) in [5, 5.41) is 11.6. The maximum Gasteiger partial charge on any atom is 0.251 e. The van der Waals surface area contributed by atoms with Crippen molar-refractivity contribution in [2.75, 3.05) is 6.54 Å². The second-order valence-electron chi connectivity index (χ2n) is 4.63. The Balaban J connectivity index is 2.59. The molecule has 102 valence electrons. The second kappa shape index (κ2) is 7.75. The molecule has 1 amide bonds. The van der Waals surface area contributed by atoms with E-state index < -0.39 is 0 Å². The third-order valence-electron chi connectivity index (χ3n) is 2.67. The summed E-state index contributed by atoms with van der Waals surface area (Å²) in [6.07, 6.45) is 2.12. The minimum Gasteiger partial charge on any atom is -0.352 e. The van der Waals surface area contributed by atoms with E-state index in [0.717, 1.165) is 18.5 Å². The number of unbranched alkanes of at least 4 members (excludes halogenated alkanes) is 2. The number of hydrogen-bond donors (Lipinski definition) is 1. The SMILES string of the molecule is CC(C)c1cc(C(=O)NCCCCC#N)cc(Cl)n1. The molecule has 0 unspecified atom stereocenters.